The fraction of sp³-hybridized carbons (Fsp3) is 0.923. The van der Waals surface area contributed by atoms with Gasteiger partial charge in [0.15, 0.2) is 6.61 Å². The van der Waals surface area contributed by atoms with Gasteiger partial charge in [-0.25, -0.2) is 5.48 Å². The Labute approximate surface area is 109 Å². The summed E-state index contributed by atoms with van der Waals surface area (Å²) in [5, 5.41) is 0. The molecule has 108 valence electrons. The second kappa shape index (κ2) is 4.65. The van der Waals surface area contributed by atoms with Crippen molar-refractivity contribution >= 4 is 5.91 Å². The van der Waals surface area contributed by atoms with Crippen molar-refractivity contribution in [3.63, 3.8) is 0 Å². The lowest BCUT2D eigenvalue weighted by atomic mass is 9.52. The minimum absolute atomic E-state index is 0.138. The SMILES string of the molecule is O=C(NOCC(F)(F)F)C1C2CC3CC(C2)CC1C3. The van der Waals surface area contributed by atoms with Crippen LogP contribution in [0.4, 0.5) is 13.2 Å². The maximum Gasteiger partial charge on any atom is 0.414 e. The maximum absolute atomic E-state index is 12.0. The molecule has 4 aliphatic carbocycles. The summed E-state index contributed by atoms with van der Waals surface area (Å²) in [5.41, 5.74) is 2.01. The summed E-state index contributed by atoms with van der Waals surface area (Å²) < 4.78 is 35.9. The number of rotatable bonds is 3. The smallest absolute Gasteiger partial charge is 0.272 e. The van der Waals surface area contributed by atoms with Gasteiger partial charge < -0.3 is 0 Å². The quantitative estimate of drug-likeness (QED) is 0.805. The predicted molar refractivity (Wildman–Crippen MR) is 60.7 cm³/mol. The third-order valence-corrected chi connectivity index (χ3v) is 4.94. The molecule has 0 unspecified atom stereocenters. The highest BCUT2D eigenvalue weighted by Gasteiger charge is 2.50. The van der Waals surface area contributed by atoms with E-state index in [0.29, 0.717) is 11.8 Å². The molecule has 0 heterocycles. The molecule has 4 saturated carbocycles. The number of carbonyl (C=O) groups excluding carboxylic acids is 1. The number of hydrogen-bond acceptors (Lipinski definition) is 2. The predicted octanol–water partition coefficient (Wildman–Crippen LogP) is 2.67. The van der Waals surface area contributed by atoms with E-state index in [1.807, 2.05) is 5.48 Å². The lowest BCUT2D eigenvalue weighted by Crippen LogP contribution is -2.51. The van der Waals surface area contributed by atoms with Gasteiger partial charge in [0.1, 0.15) is 0 Å². The van der Waals surface area contributed by atoms with Gasteiger partial charge in [-0.15, -0.1) is 0 Å². The van der Waals surface area contributed by atoms with E-state index in [0.717, 1.165) is 37.5 Å². The monoisotopic (exact) mass is 277 g/mol. The van der Waals surface area contributed by atoms with Crippen LogP contribution in [-0.2, 0) is 9.63 Å². The molecule has 19 heavy (non-hydrogen) atoms. The van der Waals surface area contributed by atoms with Crippen LogP contribution in [-0.4, -0.2) is 18.7 Å². The minimum Gasteiger partial charge on any atom is -0.272 e. The van der Waals surface area contributed by atoms with Crippen LogP contribution in [0.25, 0.3) is 0 Å². The van der Waals surface area contributed by atoms with Gasteiger partial charge in [-0.2, -0.15) is 13.2 Å². The number of carbonyl (C=O) groups is 1. The van der Waals surface area contributed by atoms with Crippen molar-refractivity contribution in [1.29, 1.82) is 0 Å². The number of hydrogen-bond donors (Lipinski definition) is 1. The molecule has 4 aliphatic rings. The summed E-state index contributed by atoms with van der Waals surface area (Å²) in [6.07, 6.45) is 1.12. The van der Waals surface area contributed by atoms with E-state index in [2.05, 4.69) is 4.84 Å². The average molecular weight is 277 g/mol. The highest BCUT2D eigenvalue weighted by atomic mass is 19.4. The molecule has 0 atom stereocenters. The van der Waals surface area contributed by atoms with Gasteiger partial charge in [0.2, 0.25) is 5.91 Å². The normalized spacial score (nSPS) is 40.5. The van der Waals surface area contributed by atoms with E-state index in [9.17, 15) is 18.0 Å². The molecule has 0 saturated heterocycles. The Kier molecular flexibility index (Phi) is 3.23. The van der Waals surface area contributed by atoms with E-state index in [4.69, 9.17) is 0 Å². The van der Waals surface area contributed by atoms with Crippen LogP contribution in [0.2, 0.25) is 0 Å². The molecular formula is C13H18F3NO2. The number of hydroxylamine groups is 1. The highest BCUT2D eigenvalue weighted by molar-refractivity contribution is 5.78. The van der Waals surface area contributed by atoms with Crippen LogP contribution in [0.1, 0.15) is 32.1 Å². The molecule has 4 fully saturated rings. The topological polar surface area (TPSA) is 38.3 Å². The lowest BCUT2D eigenvalue weighted by Gasteiger charge is -2.53. The molecule has 0 aromatic carbocycles. The summed E-state index contributed by atoms with van der Waals surface area (Å²) in [6, 6.07) is 0. The molecule has 6 heteroatoms. The van der Waals surface area contributed by atoms with E-state index in [1.54, 1.807) is 0 Å². The third kappa shape index (κ3) is 2.73. The molecule has 0 spiro atoms. The zero-order valence-corrected chi connectivity index (χ0v) is 10.6. The van der Waals surface area contributed by atoms with Crippen molar-refractivity contribution in [3.05, 3.63) is 0 Å². The van der Waals surface area contributed by atoms with E-state index >= 15 is 0 Å². The second-order valence-corrected chi connectivity index (χ2v) is 6.33. The van der Waals surface area contributed by atoms with Gasteiger partial charge in [0, 0.05) is 5.92 Å². The fourth-order valence-electron chi connectivity index (χ4n) is 4.61. The molecule has 0 aromatic heterocycles. The van der Waals surface area contributed by atoms with Gasteiger partial charge in [-0.3, -0.25) is 9.63 Å². The molecule has 1 amide bonds. The Morgan fingerprint density at radius 3 is 2.05 bits per heavy atom. The Morgan fingerprint density at radius 1 is 1.05 bits per heavy atom. The van der Waals surface area contributed by atoms with Gasteiger partial charge in [-0.1, -0.05) is 0 Å². The van der Waals surface area contributed by atoms with Crippen LogP contribution in [0.15, 0.2) is 0 Å². The van der Waals surface area contributed by atoms with Gasteiger partial charge in [0.25, 0.3) is 0 Å². The number of amides is 1. The van der Waals surface area contributed by atoms with Crippen molar-refractivity contribution in [1.82, 2.24) is 5.48 Å². The number of alkyl halides is 3. The Bertz CT molecular complexity index is 341. The van der Waals surface area contributed by atoms with Gasteiger partial charge in [-0.05, 0) is 55.8 Å². The molecule has 4 rings (SSSR count). The summed E-state index contributed by atoms with van der Waals surface area (Å²) in [7, 11) is 0. The standard InChI is InChI=1S/C13H18F3NO2/c14-13(15,16)6-19-17-12(18)11-9-2-7-1-8(4-9)5-10(11)3-7/h7-11H,1-6H2,(H,17,18). The second-order valence-electron chi connectivity index (χ2n) is 6.33. The summed E-state index contributed by atoms with van der Waals surface area (Å²) in [5.74, 6) is 1.70. The zero-order chi connectivity index (χ0) is 13.6. The van der Waals surface area contributed by atoms with Gasteiger partial charge >= 0.3 is 6.18 Å². The van der Waals surface area contributed by atoms with Crippen LogP contribution >= 0.6 is 0 Å². The summed E-state index contributed by atoms with van der Waals surface area (Å²) in [6.45, 7) is -1.42. The van der Waals surface area contributed by atoms with E-state index in [-0.39, 0.29) is 11.8 Å². The van der Waals surface area contributed by atoms with Crippen molar-refractivity contribution in [2.75, 3.05) is 6.61 Å². The molecule has 0 aromatic rings. The van der Waals surface area contributed by atoms with Crippen LogP contribution in [0, 0.1) is 29.6 Å². The molecule has 0 aliphatic heterocycles. The highest BCUT2D eigenvalue weighted by Crippen LogP contribution is 2.56. The molecule has 1 N–H and O–H groups in total. The fourth-order valence-corrected chi connectivity index (χ4v) is 4.61. The molecule has 0 radical (unpaired) electrons. The van der Waals surface area contributed by atoms with Crippen LogP contribution in [0.3, 0.4) is 0 Å². The number of nitrogens with one attached hydrogen (secondary N) is 1. The maximum atomic E-state index is 12.0. The largest absolute Gasteiger partial charge is 0.414 e. The summed E-state index contributed by atoms with van der Waals surface area (Å²) >= 11 is 0. The van der Waals surface area contributed by atoms with Crippen molar-refractivity contribution in [2.24, 2.45) is 29.6 Å². The first kappa shape index (κ1) is 13.2. The first-order valence-electron chi connectivity index (χ1n) is 6.91. The Morgan fingerprint density at radius 2 is 1.58 bits per heavy atom. The van der Waals surface area contributed by atoms with Gasteiger partial charge in [0.05, 0.1) is 0 Å². The summed E-state index contributed by atoms with van der Waals surface area (Å²) in [4.78, 5) is 16.3. The zero-order valence-electron chi connectivity index (χ0n) is 10.6. The van der Waals surface area contributed by atoms with Crippen molar-refractivity contribution in [2.45, 2.75) is 38.3 Å². The first-order chi connectivity index (χ1) is 8.92. The van der Waals surface area contributed by atoms with Crippen molar-refractivity contribution in [3.8, 4) is 0 Å². The minimum atomic E-state index is -4.41. The lowest BCUT2D eigenvalue weighted by molar-refractivity contribution is -0.195. The Balaban J connectivity index is 1.55. The Hall–Kier alpha value is -0.780. The van der Waals surface area contributed by atoms with Crippen LogP contribution in [0.5, 0.6) is 0 Å². The third-order valence-electron chi connectivity index (χ3n) is 4.94. The first-order valence-corrected chi connectivity index (χ1v) is 6.91. The average Bonchev–Trinajstić information content (AvgIpc) is 2.25. The van der Waals surface area contributed by atoms with E-state index < -0.39 is 12.8 Å². The molecule has 3 nitrogen and oxygen atoms in total. The number of halogens is 3. The van der Waals surface area contributed by atoms with E-state index in [1.165, 1.54) is 6.42 Å². The molecule has 4 bridgehead atoms. The van der Waals surface area contributed by atoms with Crippen molar-refractivity contribution < 1.29 is 22.8 Å². The van der Waals surface area contributed by atoms with Crippen LogP contribution < -0.4 is 5.48 Å². The molecular weight excluding hydrogens is 259 g/mol.